The van der Waals surface area contributed by atoms with Crippen LogP contribution in [0.5, 0.6) is 0 Å². The molecule has 0 unspecified atom stereocenters. The van der Waals surface area contributed by atoms with Crippen LogP contribution in [0.4, 0.5) is 17.6 Å². The lowest BCUT2D eigenvalue weighted by molar-refractivity contribution is -0.164. The molecule has 78 valence electrons. The summed E-state index contributed by atoms with van der Waals surface area (Å²) in [7, 11) is 0. The summed E-state index contributed by atoms with van der Waals surface area (Å²) < 4.78 is 48.5. The average Bonchev–Trinajstić information content (AvgIpc) is 1.82. The molecule has 7 heteroatoms. The van der Waals surface area contributed by atoms with Crippen molar-refractivity contribution in [2.75, 3.05) is 13.1 Å². The molecule has 0 aliphatic rings. The van der Waals surface area contributed by atoms with Gasteiger partial charge in [0.15, 0.2) is 0 Å². The van der Waals surface area contributed by atoms with E-state index in [9.17, 15) is 22.4 Å². The first-order valence-electron chi connectivity index (χ1n) is 3.35. The minimum absolute atomic E-state index is 0.541. The fraction of sp³-hybridized carbons (Fsp3) is 0.833. The summed E-state index contributed by atoms with van der Waals surface area (Å²) in [6.45, 7) is -1.74. The number of hydrogen-bond donors (Lipinski definition) is 2. The number of carboxylic acids is 1. The number of carboxylic acid groups (broad SMARTS) is 1. The van der Waals surface area contributed by atoms with Gasteiger partial charge in [-0.1, -0.05) is 0 Å². The van der Waals surface area contributed by atoms with Gasteiger partial charge in [0.25, 0.3) is 5.92 Å². The predicted octanol–water partition coefficient (Wildman–Crippen LogP) is 0.951. The van der Waals surface area contributed by atoms with Crippen molar-refractivity contribution in [3.05, 3.63) is 0 Å². The molecule has 0 aliphatic carbocycles. The van der Waals surface area contributed by atoms with Crippen LogP contribution in [0.15, 0.2) is 0 Å². The van der Waals surface area contributed by atoms with E-state index >= 15 is 0 Å². The zero-order chi connectivity index (χ0) is 10.7. The molecular weight excluding hydrogens is 194 g/mol. The maximum Gasteiger partial charge on any atom is 0.375 e. The fourth-order valence-electron chi connectivity index (χ4n) is 0.515. The molecule has 3 nitrogen and oxygen atoms in total. The lowest BCUT2D eigenvalue weighted by atomic mass is 10.3. The van der Waals surface area contributed by atoms with Crippen LogP contribution in [0.2, 0.25) is 0 Å². The fourth-order valence-corrected chi connectivity index (χ4v) is 0.515. The summed E-state index contributed by atoms with van der Waals surface area (Å²) in [5.74, 6) is -9.47. The van der Waals surface area contributed by atoms with Crippen LogP contribution in [-0.2, 0) is 4.79 Å². The summed E-state index contributed by atoms with van der Waals surface area (Å²) in [4.78, 5) is 9.80. The summed E-state index contributed by atoms with van der Waals surface area (Å²) in [5, 5.41) is 9.56. The molecule has 0 spiro atoms. The first-order valence-corrected chi connectivity index (χ1v) is 3.35. The molecule has 0 amide bonds. The minimum Gasteiger partial charge on any atom is -0.477 e. The third-order valence-electron chi connectivity index (χ3n) is 1.10. The summed E-state index contributed by atoms with van der Waals surface area (Å²) in [6, 6.07) is 0. The third-order valence-corrected chi connectivity index (χ3v) is 1.10. The van der Waals surface area contributed by atoms with Gasteiger partial charge in [-0.2, -0.15) is 8.78 Å². The summed E-state index contributed by atoms with van der Waals surface area (Å²) in [6.07, 6.45) is 0. The largest absolute Gasteiger partial charge is 0.477 e. The molecule has 0 radical (unpaired) electrons. The molecule has 0 rings (SSSR count). The van der Waals surface area contributed by atoms with E-state index in [0.717, 1.165) is 0 Å². The standard InChI is InChI=1S/C6H9F4NO2/c1-5(7,8)2-11-3-6(9,10)4(12)13/h11H,2-3H2,1H3,(H,12,13). The van der Waals surface area contributed by atoms with Crippen molar-refractivity contribution >= 4 is 5.97 Å². The van der Waals surface area contributed by atoms with Gasteiger partial charge in [-0.15, -0.1) is 0 Å². The third kappa shape index (κ3) is 5.40. The number of rotatable bonds is 5. The Hall–Kier alpha value is -0.850. The smallest absolute Gasteiger partial charge is 0.375 e. The highest BCUT2D eigenvalue weighted by molar-refractivity contribution is 5.75. The summed E-state index contributed by atoms with van der Waals surface area (Å²) in [5.41, 5.74) is 0. The van der Waals surface area contributed by atoms with E-state index < -0.39 is 30.9 Å². The van der Waals surface area contributed by atoms with Crippen molar-refractivity contribution in [3.63, 3.8) is 0 Å². The maximum absolute atomic E-state index is 12.2. The molecule has 0 fully saturated rings. The van der Waals surface area contributed by atoms with E-state index in [1.807, 2.05) is 0 Å². The Morgan fingerprint density at radius 3 is 2.08 bits per heavy atom. The maximum atomic E-state index is 12.2. The van der Waals surface area contributed by atoms with E-state index in [-0.39, 0.29) is 0 Å². The zero-order valence-corrected chi connectivity index (χ0v) is 6.78. The van der Waals surface area contributed by atoms with E-state index in [1.54, 1.807) is 5.32 Å². The van der Waals surface area contributed by atoms with Gasteiger partial charge >= 0.3 is 11.9 Å². The Balaban J connectivity index is 3.84. The van der Waals surface area contributed by atoms with E-state index in [4.69, 9.17) is 5.11 Å². The molecule has 0 aromatic rings. The van der Waals surface area contributed by atoms with Gasteiger partial charge < -0.3 is 10.4 Å². The van der Waals surface area contributed by atoms with Gasteiger partial charge in [-0.05, 0) is 0 Å². The normalized spacial score (nSPS) is 13.0. The second-order valence-corrected chi connectivity index (χ2v) is 2.68. The van der Waals surface area contributed by atoms with Crippen LogP contribution in [0, 0.1) is 0 Å². The minimum atomic E-state index is -4.01. The van der Waals surface area contributed by atoms with Crippen molar-refractivity contribution in [3.8, 4) is 0 Å². The van der Waals surface area contributed by atoms with E-state index in [0.29, 0.717) is 6.92 Å². The number of carbonyl (C=O) groups is 1. The van der Waals surface area contributed by atoms with Gasteiger partial charge in [0.05, 0.1) is 13.1 Å². The quantitative estimate of drug-likeness (QED) is 0.654. The number of alkyl halides is 4. The van der Waals surface area contributed by atoms with E-state index in [2.05, 4.69) is 0 Å². The second-order valence-electron chi connectivity index (χ2n) is 2.68. The van der Waals surface area contributed by atoms with Crippen molar-refractivity contribution in [1.82, 2.24) is 5.32 Å². The number of hydrogen-bond acceptors (Lipinski definition) is 2. The van der Waals surface area contributed by atoms with Crippen LogP contribution in [-0.4, -0.2) is 36.0 Å². The molecule has 0 aromatic heterocycles. The van der Waals surface area contributed by atoms with Gasteiger partial charge in [0.1, 0.15) is 0 Å². The molecule has 2 N–H and O–H groups in total. The van der Waals surface area contributed by atoms with Crippen LogP contribution in [0.1, 0.15) is 6.92 Å². The molecule has 0 bridgehead atoms. The highest BCUT2D eigenvalue weighted by Gasteiger charge is 2.38. The SMILES string of the molecule is CC(F)(F)CNCC(F)(F)C(=O)O. The van der Waals surface area contributed by atoms with Crippen molar-refractivity contribution in [2.45, 2.75) is 18.8 Å². The zero-order valence-electron chi connectivity index (χ0n) is 6.78. The second kappa shape index (κ2) is 3.91. The molecule has 0 saturated heterocycles. The van der Waals surface area contributed by atoms with Crippen molar-refractivity contribution < 1.29 is 27.5 Å². The number of aliphatic carboxylic acids is 1. The van der Waals surface area contributed by atoms with Gasteiger partial charge in [0.2, 0.25) is 0 Å². The monoisotopic (exact) mass is 203 g/mol. The van der Waals surface area contributed by atoms with Crippen LogP contribution in [0.3, 0.4) is 0 Å². The van der Waals surface area contributed by atoms with Crippen molar-refractivity contribution in [1.29, 1.82) is 0 Å². The Morgan fingerprint density at radius 1 is 1.31 bits per heavy atom. The first kappa shape index (κ1) is 12.2. The average molecular weight is 203 g/mol. The Morgan fingerprint density at radius 2 is 1.77 bits per heavy atom. The highest BCUT2D eigenvalue weighted by atomic mass is 19.3. The number of nitrogens with one attached hydrogen (secondary N) is 1. The molecule has 0 atom stereocenters. The number of halogens is 4. The summed E-state index contributed by atoms with van der Waals surface area (Å²) >= 11 is 0. The molecule has 0 saturated carbocycles. The van der Waals surface area contributed by atoms with Crippen LogP contribution < -0.4 is 5.32 Å². The van der Waals surface area contributed by atoms with Crippen molar-refractivity contribution in [2.24, 2.45) is 0 Å². The Kier molecular flexibility index (Phi) is 3.65. The van der Waals surface area contributed by atoms with E-state index in [1.165, 1.54) is 0 Å². The van der Waals surface area contributed by atoms with Gasteiger partial charge in [-0.25, -0.2) is 13.6 Å². The Bertz CT molecular complexity index is 190. The molecule has 0 aromatic carbocycles. The lowest BCUT2D eigenvalue weighted by Gasteiger charge is -2.14. The Labute approximate surface area is 71.7 Å². The van der Waals surface area contributed by atoms with Crippen LogP contribution in [0.25, 0.3) is 0 Å². The molecule has 0 aliphatic heterocycles. The molecular formula is C6H9F4NO2. The van der Waals surface area contributed by atoms with Crippen LogP contribution >= 0.6 is 0 Å². The highest BCUT2D eigenvalue weighted by Crippen LogP contribution is 2.13. The topological polar surface area (TPSA) is 49.3 Å². The predicted molar refractivity (Wildman–Crippen MR) is 36.1 cm³/mol. The molecule has 0 heterocycles. The lowest BCUT2D eigenvalue weighted by Crippen LogP contribution is -2.43. The van der Waals surface area contributed by atoms with Gasteiger partial charge in [-0.3, -0.25) is 0 Å². The molecule has 13 heavy (non-hydrogen) atoms. The van der Waals surface area contributed by atoms with Gasteiger partial charge in [0, 0.05) is 6.92 Å². The first-order chi connectivity index (χ1) is 5.65.